The number of ether oxygens (including phenoxy) is 1. The summed E-state index contributed by atoms with van der Waals surface area (Å²) in [5.41, 5.74) is 2.19. The molecule has 6 heteroatoms. The van der Waals surface area contributed by atoms with Crippen LogP contribution in [0.1, 0.15) is 68.6 Å². The van der Waals surface area contributed by atoms with Crippen molar-refractivity contribution in [3.63, 3.8) is 0 Å². The Balaban J connectivity index is 1.35. The van der Waals surface area contributed by atoms with E-state index in [0.717, 1.165) is 35.8 Å². The molecular formula is C30H33F5O. The predicted molar refractivity (Wildman–Crippen MR) is 133 cm³/mol. The molecule has 0 unspecified atom stereocenters. The molecule has 1 fully saturated rings. The van der Waals surface area contributed by atoms with Crippen molar-refractivity contribution in [3.05, 3.63) is 76.9 Å². The van der Waals surface area contributed by atoms with Crippen LogP contribution in [-0.2, 0) is 19.3 Å². The Morgan fingerprint density at radius 2 is 1.44 bits per heavy atom. The highest BCUT2D eigenvalue weighted by molar-refractivity contribution is 5.84. The lowest BCUT2D eigenvalue weighted by Crippen LogP contribution is -2.18. The molecule has 0 radical (unpaired) electrons. The molecule has 194 valence electrons. The Morgan fingerprint density at radius 3 is 2.11 bits per heavy atom. The number of hydrogen-bond donors (Lipinski definition) is 0. The van der Waals surface area contributed by atoms with Gasteiger partial charge in [0.15, 0.2) is 11.6 Å². The number of fused-ring (bicyclic) bond motifs is 1. The molecular weight excluding hydrogens is 471 g/mol. The quantitative estimate of drug-likeness (QED) is 0.264. The van der Waals surface area contributed by atoms with Crippen LogP contribution in [0.2, 0.25) is 0 Å². The molecule has 0 spiro atoms. The van der Waals surface area contributed by atoms with Crippen LogP contribution in [0.15, 0.2) is 48.5 Å². The second kappa shape index (κ2) is 11.6. The molecule has 1 saturated carbocycles. The van der Waals surface area contributed by atoms with E-state index in [4.69, 9.17) is 0 Å². The molecule has 4 rings (SSSR count). The van der Waals surface area contributed by atoms with Crippen molar-refractivity contribution in [3.8, 4) is 5.75 Å². The Morgan fingerprint density at radius 1 is 0.778 bits per heavy atom. The summed E-state index contributed by atoms with van der Waals surface area (Å²) in [5, 5.41) is 1.41. The van der Waals surface area contributed by atoms with Gasteiger partial charge < -0.3 is 4.74 Å². The summed E-state index contributed by atoms with van der Waals surface area (Å²) >= 11 is 0. The second-order valence-corrected chi connectivity index (χ2v) is 10.1. The molecule has 36 heavy (non-hydrogen) atoms. The van der Waals surface area contributed by atoms with E-state index < -0.39 is 17.9 Å². The standard InChI is InChI=1S/C30H33F5O/c1-2-3-20-4-6-21(7-5-20)8-9-22-11-16-26-25(18-22)15-14-24(29(26)32)13-10-23-12-17-28(27(31)19-23)36-30(33,34)35/h11-12,14-21H,2-10,13H2,1H3. The molecule has 0 saturated heterocycles. The second-order valence-electron chi connectivity index (χ2n) is 10.1. The lowest BCUT2D eigenvalue weighted by molar-refractivity contribution is -0.275. The Kier molecular flexibility index (Phi) is 8.53. The summed E-state index contributed by atoms with van der Waals surface area (Å²) in [6, 6.07) is 12.9. The molecule has 0 amide bonds. The average Bonchev–Trinajstić information content (AvgIpc) is 2.84. The van der Waals surface area contributed by atoms with Gasteiger partial charge in [-0.15, -0.1) is 13.2 Å². The SMILES string of the molecule is CCCC1CCC(CCc2ccc3c(F)c(CCc4ccc(OC(F)(F)F)c(F)c4)ccc3c2)CC1. The van der Waals surface area contributed by atoms with Gasteiger partial charge in [0.2, 0.25) is 0 Å². The first-order valence-electron chi connectivity index (χ1n) is 13.0. The van der Waals surface area contributed by atoms with Gasteiger partial charge in [-0.3, -0.25) is 0 Å². The summed E-state index contributed by atoms with van der Waals surface area (Å²) in [5.74, 6) is -0.572. The molecule has 1 nitrogen and oxygen atoms in total. The van der Waals surface area contributed by atoms with Crippen LogP contribution < -0.4 is 4.74 Å². The zero-order valence-electron chi connectivity index (χ0n) is 20.6. The van der Waals surface area contributed by atoms with Crippen LogP contribution in [0.25, 0.3) is 10.8 Å². The smallest absolute Gasteiger partial charge is 0.403 e. The maximum atomic E-state index is 15.2. The third-order valence-electron chi connectivity index (χ3n) is 7.51. The van der Waals surface area contributed by atoms with Crippen molar-refractivity contribution in [2.75, 3.05) is 0 Å². The normalized spacial score (nSPS) is 18.5. The lowest BCUT2D eigenvalue weighted by Gasteiger charge is -2.28. The summed E-state index contributed by atoms with van der Waals surface area (Å²) in [7, 11) is 0. The number of rotatable bonds is 9. The topological polar surface area (TPSA) is 9.23 Å². The zero-order valence-corrected chi connectivity index (χ0v) is 20.6. The molecule has 0 aliphatic heterocycles. The van der Waals surface area contributed by atoms with E-state index in [2.05, 4.69) is 17.7 Å². The van der Waals surface area contributed by atoms with E-state index in [0.29, 0.717) is 29.4 Å². The fourth-order valence-corrected chi connectivity index (χ4v) is 5.51. The number of aryl methyl sites for hydroxylation is 3. The molecule has 3 aromatic rings. The molecule has 0 atom stereocenters. The van der Waals surface area contributed by atoms with Gasteiger partial charge in [0.1, 0.15) is 5.82 Å². The summed E-state index contributed by atoms with van der Waals surface area (Å²) in [4.78, 5) is 0. The average molecular weight is 505 g/mol. The molecule has 1 aliphatic carbocycles. The molecule has 1 aliphatic rings. The van der Waals surface area contributed by atoms with Crippen molar-refractivity contribution in [2.24, 2.45) is 11.8 Å². The maximum absolute atomic E-state index is 15.2. The van der Waals surface area contributed by atoms with Crippen molar-refractivity contribution in [2.45, 2.75) is 77.5 Å². The lowest BCUT2D eigenvalue weighted by atomic mass is 9.78. The third kappa shape index (κ3) is 6.98. The maximum Gasteiger partial charge on any atom is 0.573 e. The number of halogens is 5. The monoisotopic (exact) mass is 504 g/mol. The third-order valence-corrected chi connectivity index (χ3v) is 7.51. The predicted octanol–water partition coefficient (Wildman–Crippen LogP) is 9.34. The molecule has 0 heterocycles. The van der Waals surface area contributed by atoms with Gasteiger partial charge in [-0.05, 0) is 71.7 Å². The van der Waals surface area contributed by atoms with Gasteiger partial charge in [0, 0.05) is 5.39 Å². The van der Waals surface area contributed by atoms with Crippen LogP contribution in [0.5, 0.6) is 5.75 Å². The largest absolute Gasteiger partial charge is 0.573 e. The molecule has 0 aromatic heterocycles. The summed E-state index contributed by atoms with van der Waals surface area (Å²) in [6.07, 6.45) is 5.79. The van der Waals surface area contributed by atoms with Gasteiger partial charge in [-0.2, -0.15) is 0 Å². The Bertz CT molecular complexity index is 1160. The minimum Gasteiger partial charge on any atom is -0.403 e. The molecule has 0 N–H and O–H groups in total. The van der Waals surface area contributed by atoms with E-state index in [-0.39, 0.29) is 5.82 Å². The Labute approximate surface area is 209 Å². The number of benzene rings is 3. The fraction of sp³-hybridized carbons (Fsp3) is 0.467. The minimum atomic E-state index is -4.95. The van der Waals surface area contributed by atoms with Crippen molar-refractivity contribution in [1.29, 1.82) is 0 Å². The van der Waals surface area contributed by atoms with E-state index in [1.807, 2.05) is 18.2 Å². The van der Waals surface area contributed by atoms with Gasteiger partial charge in [-0.25, -0.2) is 8.78 Å². The van der Waals surface area contributed by atoms with Crippen molar-refractivity contribution >= 4 is 10.8 Å². The van der Waals surface area contributed by atoms with Crippen LogP contribution >= 0.6 is 0 Å². The molecule has 0 bridgehead atoms. The van der Waals surface area contributed by atoms with Gasteiger partial charge in [-0.1, -0.05) is 81.8 Å². The minimum absolute atomic E-state index is 0.296. The summed E-state index contributed by atoms with van der Waals surface area (Å²) < 4.78 is 69.8. The van der Waals surface area contributed by atoms with Gasteiger partial charge in [0.05, 0.1) is 0 Å². The first kappa shape index (κ1) is 26.4. The number of alkyl halides is 3. The van der Waals surface area contributed by atoms with Crippen molar-refractivity contribution in [1.82, 2.24) is 0 Å². The van der Waals surface area contributed by atoms with Crippen LogP contribution in [0.3, 0.4) is 0 Å². The van der Waals surface area contributed by atoms with Crippen LogP contribution in [0.4, 0.5) is 22.0 Å². The Hall–Kier alpha value is -2.63. The van der Waals surface area contributed by atoms with Crippen LogP contribution in [-0.4, -0.2) is 6.36 Å². The van der Waals surface area contributed by atoms with E-state index in [1.54, 1.807) is 6.07 Å². The highest BCUT2D eigenvalue weighted by atomic mass is 19.4. The first-order chi connectivity index (χ1) is 17.2. The zero-order chi connectivity index (χ0) is 25.7. The summed E-state index contributed by atoms with van der Waals surface area (Å²) in [6.45, 7) is 2.26. The first-order valence-corrected chi connectivity index (χ1v) is 13.0. The van der Waals surface area contributed by atoms with Crippen molar-refractivity contribution < 1.29 is 26.7 Å². The number of hydrogen-bond acceptors (Lipinski definition) is 1. The van der Waals surface area contributed by atoms with E-state index >= 15 is 4.39 Å². The van der Waals surface area contributed by atoms with E-state index in [1.165, 1.54) is 56.6 Å². The fourth-order valence-electron chi connectivity index (χ4n) is 5.51. The molecule has 3 aromatic carbocycles. The highest BCUT2D eigenvalue weighted by Gasteiger charge is 2.32. The van der Waals surface area contributed by atoms with E-state index in [9.17, 15) is 17.6 Å². The van der Waals surface area contributed by atoms with Crippen LogP contribution in [0, 0.1) is 23.5 Å². The van der Waals surface area contributed by atoms with Gasteiger partial charge in [0.25, 0.3) is 0 Å². The highest BCUT2D eigenvalue weighted by Crippen LogP contribution is 2.34. The van der Waals surface area contributed by atoms with Gasteiger partial charge >= 0.3 is 6.36 Å².